The second-order valence-corrected chi connectivity index (χ2v) is 4.31. The predicted octanol–water partition coefficient (Wildman–Crippen LogP) is 1.68. The summed E-state index contributed by atoms with van der Waals surface area (Å²) in [5.41, 5.74) is -0.527. The smallest absolute Gasteiger partial charge is 0.326 e. The summed E-state index contributed by atoms with van der Waals surface area (Å²) in [6.07, 6.45) is 1.28. The van der Waals surface area contributed by atoms with Gasteiger partial charge in [-0.2, -0.15) is 0 Å². The number of hydrogen-bond donors (Lipinski definition) is 0. The Bertz CT molecular complexity index is 200. The largest absolute Gasteiger partial charge is 0.459 e. The van der Waals surface area contributed by atoms with E-state index in [1.807, 2.05) is 0 Å². The van der Waals surface area contributed by atoms with Gasteiger partial charge in [0.1, 0.15) is 11.6 Å². The highest BCUT2D eigenvalue weighted by Crippen LogP contribution is 2.20. The minimum atomic E-state index is -0.681. The summed E-state index contributed by atoms with van der Waals surface area (Å²) in [5.74, 6) is -0.451. The molecule has 1 saturated heterocycles. The average Bonchev–Trinajstić information content (AvgIpc) is 2.30. The van der Waals surface area contributed by atoms with E-state index in [1.54, 1.807) is 20.8 Å². The van der Waals surface area contributed by atoms with E-state index in [0.717, 1.165) is 6.42 Å². The monoisotopic (exact) mass is 189 g/mol. The maximum absolute atomic E-state index is 12.9. The van der Waals surface area contributed by atoms with E-state index in [4.69, 9.17) is 4.74 Å². The fraction of sp³-hybridized carbons (Fsp3) is 0.889. The zero-order valence-corrected chi connectivity index (χ0v) is 8.34. The lowest BCUT2D eigenvalue weighted by molar-refractivity contribution is -0.166. The third-order valence-corrected chi connectivity index (χ3v) is 1.87. The molecular formula is C9H16FNO2. The van der Waals surface area contributed by atoms with E-state index in [0.29, 0.717) is 18.1 Å². The molecule has 1 atom stereocenters. The van der Waals surface area contributed by atoms with Gasteiger partial charge in [-0.1, -0.05) is 0 Å². The molecule has 13 heavy (non-hydrogen) atoms. The summed E-state index contributed by atoms with van der Waals surface area (Å²) in [6.45, 7) is 5.68. The van der Waals surface area contributed by atoms with Gasteiger partial charge in [-0.05, 0) is 33.6 Å². The molecular weight excluding hydrogens is 173 g/mol. The molecule has 3 nitrogen and oxygen atoms in total. The molecule has 0 unspecified atom stereocenters. The first-order valence-electron chi connectivity index (χ1n) is 4.55. The van der Waals surface area contributed by atoms with Gasteiger partial charge in [0.2, 0.25) is 0 Å². The summed E-state index contributed by atoms with van der Waals surface area (Å²) < 4.78 is 18.0. The van der Waals surface area contributed by atoms with E-state index in [9.17, 15) is 9.28 Å². The Morgan fingerprint density at radius 3 is 2.54 bits per heavy atom. The van der Waals surface area contributed by atoms with Gasteiger partial charge < -0.3 is 4.74 Å². The lowest BCUT2D eigenvalue weighted by Gasteiger charge is -2.23. The maximum atomic E-state index is 12.9. The molecule has 0 amide bonds. The minimum Gasteiger partial charge on any atom is -0.459 e. The van der Waals surface area contributed by atoms with E-state index >= 15 is 0 Å². The molecule has 0 aromatic heterocycles. The average molecular weight is 189 g/mol. The minimum absolute atomic E-state index is 0.337. The maximum Gasteiger partial charge on any atom is 0.326 e. The van der Waals surface area contributed by atoms with Crippen molar-refractivity contribution in [3.8, 4) is 0 Å². The number of hydrogen-bond acceptors (Lipinski definition) is 3. The lowest BCUT2D eigenvalue weighted by Crippen LogP contribution is -2.36. The normalized spacial score (nSPS) is 24.8. The Labute approximate surface area is 77.8 Å². The topological polar surface area (TPSA) is 29.5 Å². The summed E-state index contributed by atoms with van der Waals surface area (Å²) in [4.78, 5) is 11.4. The van der Waals surface area contributed by atoms with Crippen molar-refractivity contribution in [3.63, 3.8) is 0 Å². The Hall–Kier alpha value is -0.640. The van der Waals surface area contributed by atoms with Crippen LogP contribution in [0.4, 0.5) is 4.48 Å². The number of rotatable bonds is 1. The third kappa shape index (κ3) is 2.95. The van der Waals surface area contributed by atoms with Gasteiger partial charge >= 0.3 is 5.97 Å². The van der Waals surface area contributed by atoms with Crippen LogP contribution in [0.25, 0.3) is 0 Å². The number of carbonyl (C=O) groups excluding carboxylic acids is 1. The van der Waals surface area contributed by atoms with Crippen molar-refractivity contribution in [2.75, 3.05) is 6.54 Å². The number of carbonyl (C=O) groups is 1. The van der Waals surface area contributed by atoms with Crippen LogP contribution in [-0.4, -0.2) is 29.3 Å². The Kier molecular flexibility index (Phi) is 2.91. The van der Waals surface area contributed by atoms with Gasteiger partial charge in [-0.15, -0.1) is 9.60 Å². The van der Waals surface area contributed by atoms with Crippen molar-refractivity contribution >= 4 is 5.97 Å². The molecule has 0 radical (unpaired) electrons. The lowest BCUT2D eigenvalue weighted by atomic mass is 10.2. The molecule has 0 aromatic rings. The quantitative estimate of drug-likeness (QED) is 0.464. The van der Waals surface area contributed by atoms with Crippen LogP contribution < -0.4 is 0 Å². The zero-order chi connectivity index (χ0) is 10.1. The Morgan fingerprint density at radius 1 is 1.54 bits per heavy atom. The van der Waals surface area contributed by atoms with Gasteiger partial charge in [0.05, 0.1) is 0 Å². The highest BCUT2D eigenvalue weighted by molar-refractivity contribution is 5.76. The van der Waals surface area contributed by atoms with Gasteiger partial charge in [-0.3, -0.25) is 4.79 Å². The number of halogens is 1. The summed E-state index contributed by atoms with van der Waals surface area (Å²) >= 11 is 0. The van der Waals surface area contributed by atoms with Crippen LogP contribution in [0.3, 0.4) is 0 Å². The molecule has 1 rings (SSSR count). The van der Waals surface area contributed by atoms with Crippen LogP contribution >= 0.6 is 0 Å². The summed E-state index contributed by atoms with van der Waals surface area (Å²) in [5, 5.41) is 0.564. The molecule has 0 aliphatic carbocycles. The number of nitrogens with zero attached hydrogens (tertiary/aromatic N) is 1. The van der Waals surface area contributed by atoms with Gasteiger partial charge in [0, 0.05) is 6.54 Å². The molecule has 0 N–H and O–H groups in total. The first kappa shape index (κ1) is 10.4. The standard InChI is InChI=1S/C9H16FNO2/c1-9(2,3)13-8(12)7-5-4-6-11(7)10/h7H,4-6H2,1-3H3/t7-/m0/s1. The van der Waals surface area contributed by atoms with Crippen LogP contribution in [-0.2, 0) is 9.53 Å². The van der Waals surface area contributed by atoms with Crippen LogP contribution in [0.1, 0.15) is 33.6 Å². The zero-order valence-electron chi connectivity index (χ0n) is 8.34. The van der Waals surface area contributed by atoms with Crippen molar-refractivity contribution in [2.45, 2.75) is 45.3 Å². The van der Waals surface area contributed by atoms with Crippen molar-refractivity contribution in [1.82, 2.24) is 5.12 Å². The van der Waals surface area contributed by atoms with Gasteiger partial charge in [0.25, 0.3) is 0 Å². The highest BCUT2D eigenvalue weighted by Gasteiger charge is 2.34. The fourth-order valence-electron chi connectivity index (χ4n) is 1.33. The molecule has 1 fully saturated rings. The number of esters is 1. The summed E-state index contributed by atoms with van der Waals surface area (Å²) in [6, 6.07) is -0.681. The molecule has 4 heteroatoms. The molecule has 0 spiro atoms. The summed E-state index contributed by atoms with van der Waals surface area (Å²) in [7, 11) is 0. The molecule has 1 aliphatic rings. The third-order valence-electron chi connectivity index (χ3n) is 1.87. The fourth-order valence-corrected chi connectivity index (χ4v) is 1.33. The van der Waals surface area contributed by atoms with Crippen LogP contribution in [0.15, 0.2) is 0 Å². The van der Waals surface area contributed by atoms with Gasteiger partial charge in [-0.25, -0.2) is 0 Å². The molecule has 0 bridgehead atoms. The van der Waals surface area contributed by atoms with Crippen LogP contribution in [0.5, 0.6) is 0 Å². The Balaban J connectivity index is 2.48. The second-order valence-electron chi connectivity index (χ2n) is 4.31. The molecule has 0 aromatic carbocycles. The van der Waals surface area contributed by atoms with E-state index < -0.39 is 17.6 Å². The predicted molar refractivity (Wildman–Crippen MR) is 46.7 cm³/mol. The molecule has 1 aliphatic heterocycles. The van der Waals surface area contributed by atoms with Crippen molar-refractivity contribution in [2.24, 2.45) is 0 Å². The van der Waals surface area contributed by atoms with Crippen LogP contribution in [0.2, 0.25) is 0 Å². The van der Waals surface area contributed by atoms with E-state index in [2.05, 4.69) is 0 Å². The van der Waals surface area contributed by atoms with E-state index in [-0.39, 0.29) is 0 Å². The second kappa shape index (κ2) is 3.62. The SMILES string of the molecule is CC(C)(C)OC(=O)[C@@H]1CCCN1F. The molecule has 1 heterocycles. The van der Waals surface area contributed by atoms with Crippen molar-refractivity contribution in [3.05, 3.63) is 0 Å². The number of ether oxygens (including phenoxy) is 1. The van der Waals surface area contributed by atoms with Crippen LogP contribution in [0, 0.1) is 0 Å². The van der Waals surface area contributed by atoms with Crippen molar-refractivity contribution in [1.29, 1.82) is 0 Å². The molecule has 76 valence electrons. The highest BCUT2D eigenvalue weighted by atomic mass is 19.2. The Morgan fingerprint density at radius 2 is 2.15 bits per heavy atom. The van der Waals surface area contributed by atoms with E-state index in [1.165, 1.54) is 0 Å². The first-order chi connectivity index (χ1) is 5.90. The molecule has 0 saturated carbocycles. The van der Waals surface area contributed by atoms with Gasteiger partial charge in [0.15, 0.2) is 0 Å². The first-order valence-corrected chi connectivity index (χ1v) is 4.55. The van der Waals surface area contributed by atoms with Crippen molar-refractivity contribution < 1.29 is 14.0 Å².